The first-order valence-electron chi connectivity index (χ1n) is 10.0. The molecule has 2 aromatic rings. The Balaban J connectivity index is 1.69. The Morgan fingerprint density at radius 3 is 2.41 bits per heavy atom. The fraction of sp³-hybridized carbons (Fsp3) is 0.435. The van der Waals surface area contributed by atoms with Gasteiger partial charge in [-0.05, 0) is 43.0 Å². The van der Waals surface area contributed by atoms with Gasteiger partial charge in [0.1, 0.15) is 0 Å². The number of amides is 2. The van der Waals surface area contributed by atoms with Crippen molar-refractivity contribution in [1.29, 1.82) is 0 Å². The van der Waals surface area contributed by atoms with Crippen molar-refractivity contribution in [1.82, 2.24) is 10.2 Å². The first-order chi connectivity index (χ1) is 13.1. The van der Waals surface area contributed by atoms with E-state index < -0.39 is 0 Å². The number of benzene rings is 2. The summed E-state index contributed by atoms with van der Waals surface area (Å²) in [5.41, 5.74) is 2.17. The van der Waals surface area contributed by atoms with Crippen LogP contribution < -0.4 is 10.2 Å². The molecule has 0 aliphatic carbocycles. The number of hydrogen-bond donors (Lipinski definition) is 1. The van der Waals surface area contributed by atoms with Crippen molar-refractivity contribution in [3.05, 3.63) is 66.2 Å². The van der Waals surface area contributed by atoms with E-state index in [0.717, 1.165) is 38.2 Å². The molecule has 2 amide bonds. The third-order valence-corrected chi connectivity index (χ3v) is 5.79. The Morgan fingerprint density at radius 1 is 1.07 bits per heavy atom. The van der Waals surface area contributed by atoms with Crippen molar-refractivity contribution in [2.45, 2.75) is 38.3 Å². The summed E-state index contributed by atoms with van der Waals surface area (Å²) in [4.78, 5) is 17.5. The molecule has 4 nitrogen and oxygen atoms in total. The van der Waals surface area contributed by atoms with Crippen molar-refractivity contribution in [2.75, 3.05) is 24.5 Å². The molecule has 2 saturated heterocycles. The topological polar surface area (TPSA) is 35.6 Å². The van der Waals surface area contributed by atoms with Crippen LogP contribution in [-0.2, 0) is 0 Å². The fourth-order valence-corrected chi connectivity index (χ4v) is 4.68. The zero-order valence-corrected chi connectivity index (χ0v) is 16.3. The van der Waals surface area contributed by atoms with Gasteiger partial charge in [-0.15, -0.1) is 0 Å². The van der Waals surface area contributed by atoms with Gasteiger partial charge in [-0.3, -0.25) is 4.90 Å². The van der Waals surface area contributed by atoms with Gasteiger partial charge in [-0.2, -0.15) is 0 Å². The highest BCUT2D eigenvalue weighted by atomic mass is 16.2. The van der Waals surface area contributed by atoms with Crippen molar-refractivity contribution >= 4 is 11.7 Å². The van der Waals surface area contributed by atoms with Gasteiger partial charge < -0.3 is 10.2 Å². The summed E-state index contributed by atoms with van der Waals surface area (Å²) < 4.78 is 0. The lowest BCUT2D eigenvalue weighted by molar-refractivity contribution is 0.208. The molecule has 2 aliphatic rings. The SMILES string of the molecule is CC(C)CN1C[C@@]2(CCN[C@@H](c3ccccc3)C2)N(c2ccccc2)C1=O. The minimum absolute atomic E-state index is 0.154. The van der Waals surface area contributed by atoms with E-state index in [-0.39, 0.29) is 17.6 Å². The molecule has 2 fully saturated rings. The molecule has 4 heteroatoms. The Hall–Kier alpha value is -2.33. The monoisotopic (exact) mass is 363 g/mol. The van der Waals surface area contributed by atoms with Crippen LogP contribution in [0.15, 0.2) is 60.7 Å². The first kappa shape index (κ1) is 18.1. The molecule has 142 valence electrons. The molecule has 4 rings (SSSR count). The molecule has 27 heavy (non-hydrogen) atoms. The number of nitrogens with one attached hydrogen (secondary N) is 1. The average Bonchev–Trinajstić information content (AvgIpc) is 2.93. The smallest absolute Gasteiger partial charge is 0.322 e. The third-order valence-electron chi connectivity index (χ3n) is 5.79. The van der Waals surface area contributed by atoms with Gasteiger partial charge in [0.15, 0.2) is 0 Å². The summed E-state index contributed by atoms with van der Waals surface area (Å²) in [7, 11) is 0. The van der Waals surface area contributed by atoms with E-state index in [4.69, 9.17) is 0 Å². The van der Waals surface area contributed by atoms with E-state index in [1.165, 1.54) is 5.56 Å². The predicted octanol–water partition coefficient (Wildman–Crippen LogP) is 4.45. The molecule has 2 aliphatic heterocycles. The molecule has 0 saturated carbocycles. The highest BCUT2D eigenvalue weighted by Crippen LogP contribution is 2.42. The standard InChI is InChI=1S/C23H29N3O/c1-18(2)16-25-17-23(26(22(25)27)20-11-7-4-8-12-20)13-14-24-21(15-23)19-9-5-3-6-10-19/h3-12,18,21,24H,13-17H2,1-2H3/t21-,23+/m1/s1. The van der Waals surface area contributed by atoms with Crippen molar-refractivity contribution in [3.8, 4) is 0 Å². The minimum Gasteiger partial charge on any atom is -0.322 e. The molecule has 1 N–H and O–H groups in total. The number of hydrogen-bond acceptors (Lipinski definition) is 2. The quantitative estimate of drug-likeness (QED) is 0.871. The van der Waals surface area contributed by atoms with Crippen molar-refractivity contribution in [2.24, 2.45) is 5.92 Å². The summed E-state index contributed by atoms with van der Waals surface area (Å²) in [5.74, 6) is 0.466. The van der Waals surface area contributed by atoms with Crippen molar-refractivity contribution in [3.63, 3.8) is 0 Å². The number of nitrogens with zero attached hydrogens (tertiary/aromatic N) is 2. The average molecular weight is 364 g/mol. The van der Waals surface area contributed by atoms with Crippen LogP contribution in [0.3, 0.4) is 0 Å². The van der Waals surface area contributed by atoms with Gasteiger partial charge >= 0.3 is 6.03 Å². The van der Waals surface area contributed by atoms with E-state index >= 15 is 0 Å². The van der Waals surface area contributed by atoms with Gasteiger partial charge in [-0.25, -0.2) is 4.79 Å². The normalized spacial score (nSPS) is 25.6. The number of piperidine rings is 1. The summed E-state index contributed by atoms with van der Waals surface area (Å²) in [6.45, 7) is 6.91. The van der Waals surface area contributed by atoms with Gasteiger partial charge in [0, 0.05) is 24.8 Å². The number of para-hydroxylation sites is 1. The van der Waals surface area contributed by atoms with Crippen LogP contribution in [0.5, 0.6) is 0 Å². The summed E-state index contributed by atoms with van der Waals surface area (Å²) in [6.07, 6.45) is 1.91. The highest BCUT2D eigenvalue weighted by molar-refractivity contribution is 5.96. The Labute approximate surface area is 162 Å². The molecule has 1 spiro atoms. The van der Waals surface area contributed by atoms with Gasteiger partial charge in [-0.1, -0.05) is 62.4 Å². The van der Waals surface area contributed by atoms with E-state index in [1.807, 2.05) is 18.2 Å². The van der Waals surface area contributed by atoms with Gasteiger partial charge in [0.25, 0.3) is 0 Å². The first-order valence-corrected chi connectivity index (χ1v) is 10.0. The molecule has 2 atom stereocenters. The molecule has 0 radical (unpaired) electrons. The molecule has 0 aromatic heterocycles. The summed E-state index contributed by atoms with van der Waals surface area (Å²) in [5, 5.41) is 3.67. The minimum atomic E-state index is -0.154. The van der Waals surface area contributed by atoms with E-state index in [2.05, 4.69) is 71.4 Å². The van der Waals surface area contributed by atoms with Crippen LogP contribution in [0.1, 0.15) is 38.3 Å². The Kier molecular flexibility index (Phi) is 4.92. The number of carbonyl (C=O) groups is 1. The van der Waals surface area contributed by atoms with Crippen LogP contribution >= 0.6 is 0 Å². The van der Waals surface area contributed by atoms with Crippen LogP contribution in [0.25, 0.3) is 0 Å². The fourth-order valence-electron chi connectivity index (χ4n) is 4.68. The third kappa shape index (κ3) is 3.46. The largest absolute Gasteiger partial charge is 0.325 e. The maximum absolute atomic E-state index is 13.4. The second kappa shape index (κ2) is 7.35. The Morgan fingerprint density at radius 2 is 1.74 bits per heavy atom. The van der Waals surface area contributed by atoms with E-state index in [1.54, 1.807) is 0 Å². The van der Waals surface area contributed by atoms with Crippen molar-refractivity contribution < 1.29 is 4.79 Å². The lowest BCUT2D eigenvalue weighted by Gasteiger charge is -2.43. The van der Waals surface area contributed by atoms with Crippen LogP contribution in [0.4, 0.5) is 10.5 Å². The highest BCUT2D eigenvalue weighted by Gasteiger charge is 2.52. The molecular formula is C23H29N3O. The number of anilines is 1. The second-order valence-corrected chi connectivity index (χ2v) is 8.32. The summed E-state index contributed by atoms with van der Waals surface area (Å²) >= 11 is 0. The van der Waals surface area contributed by atoms with E-state index in [0.29, 0.717) is 5.92 Å². The molecule has 2 aromatic carbocycles. The van der Waals surface area contributed by atoms with Crippen LogP contribution in [0, 0.1) is 5.92 Å². The lowest BCUT2D eigenvalue weighted by atomic mass is 9.81. The van der Waals surface area contributed by atoms with Gasteiger partial charge in [0.05, 0.1) is 5.54 Å². The Bertz CT molecular complexity index is 777. The van der Waals surface area contributed by atoms with Crippen LogP contribution in [-0.4, -0.2) is 36.1 Å². The van der Waals surface area contributed by atoms with E-state index in [9.17, 15) is 4.79 Å². The van der Waals surface area contributed by atoms with Gasteiger partial charge in [0.2, 0.25) is 0 Å². The number of rotatable bonds is 4. The molecular weight excluding hydrogens is 334 g/mol. The summed E-state index contributed by atoms with van der Waals surface area (Å²) in [6, 6.07) is 21.3. The lowest BCUT2D eigenvalue weighted by Crippen LogP contribution is -2.54. The zero-order valence-electron chi connectivity index (χ0n) is 16.3. The molecule has 0 bridgehead atoms. The number of carbonyl (C=O) groups excluding carboxylic acids is 1. The van der Waals surface area contributed by atoms with Crippen LogP contribution in [0.2, 0.25) is 0 Å². The maximum Gasteiger partial charge on any atom is 0.325 e. The molecule has 2 heterocycles. The molecule has 0 unspecified atom stereocenters. The number of urea groups is 1. The predicted molar refractivity (Wildman–Crippen MR) is 110 cm³/mol. The zero-order chi connectivity index (χ0) is 18.9. The maximum atomic E-state index is 13.4. The second-order valence-electron chi connectivity index (χ2n) is 8.32.